The van der Waals surface area contributed by atoms with Crippen LogP contribution in [0.15, 0.2) is 4.99 Å². The molecule has 0 spiro atoms. The Kier molecular flexibility index (Phi) is 39.9. The van der Waals surface area contributed by atoms with Gasteiger partial charge in [0.15, 0.2) is 5.96 Å². The predicted octanol–water partition coefficient (Wildman–Crippen LogP) is -3.60. The first-order valence-corrected chi connectivity index (χ1v) is 31.0. The summed E-state index contributed by atoms with van der Waals surface area (Å²) in [5.74, 6) is -13.1. The number of carboxylic acid groups (broad SMARTS) is 1. The zero-order valence-electron chi connectivity index (χ0n) is 54.4. The number of nitrogens with one attached hydrogen (secondary N) is 11. The summed E-state index contributed by atoms with van der Waals surface area (Å²) in [6.07, 6.45) is 3.56. The van der Waals surface area contributed by atoms with E-state index in [2.05, 4.69) is 63.5 Å². The maximum atomic E-state index is 14.3. The summed E-state index contributed by atoms with van der Waals surface area (Å²) in [4.78, 5) is 166. The molecule has 31 heteroatoms. The third kappa shape index (κ3) is 31.7. The molecular formula is C58H109N17O14. The Bertz CT molecular complexity index is 2320. The highest BCUT2D eigenvalue weighted by molar-refractivity contribution is 5.99. The fourth-order valence-electron chi connectivity index (χ4n) is 8.91. The Morgan fingerprint density at radius 3 is 1.26 bits per heavy atom. The maximum Gasteiger partial charge on any atom is 0.326 e. The molecule has 0 aliphatic heterocycles. The Morgan fingerprint density at radius 2 is 0.809 bits per heavy atom. The molecule has 0 aromatic carbocycles. The molecule has 89 heavy (non-hydrogen) atoms. The molecule has 0 fully saturated rings. The van der Waals surface area contributed by atoms with Crippen molar-refractivity contribution in [2.24, 2.45) is 69.2 Å². The number of aliphatic carboxylic acids is 1. The quantitative estimate of drug-likeness (QED) is 0.0159. The van der Waals surface area contributed by atoms with E-state index in [-0.39, 0.29) is 44.1 Å². The lowest BCUT2D eigenvalue weighted by Crippen LogP contribution is -2.62. The fourth-order valence-corrected chi connectivity index (χ4v) is 8.91. The monoisotopic (exact) mass is 1270 g/mol. The fraction of sp³-hybridized carbons (Fsp3) is 0.776. The van der Waals surface area contributed by atoms with Gasteiger partial charge in [-0.2, -0.15) is 0 Å². The number of carbonyl (C=O) groups excluding carboxylic acids is 11. The Balaban J connectivity index is 6.45. The summed E-state index contributed by atoms with van der Waals surface area (Å²) in [7, 11) is 0. The van der Waals surface area contributed by atoms with Gasteiger partial charge in [-0.1, -0.05) is 102 Å². The summed E-state index contributed by atoms with van der Waals surface area (Å²) in [6.45, 7) is 19.0. The number of guanidine groups is 1. The van der Waals surface area contributed by atoms with Crippen molar-refractivity contribution in [2.45, 2.75) is 214 Å². The SMILES string of the molecule is CCC(C)[C@@H](NC(=O)[C@H](NC(=O)[C@@H](CC(C)C)NC(=O)[C@@H](CO)NC(=O)CNC(=O)[C@H](N)CCCCN)C(C)C)C(=O)N[C@H](CCCN=C(N)N)C(=O)NCC(=O)N[C@@H](C(=O)N[C@@H](C(=O)N[C@@H](C(=O)N[C@@H](CCCCN)C(=O)O)C(C)C)C(C)CC)C(C)C. The number of carboxylic acids is 1. The number of aliphatic hydroxyl groups is 1. The molecule has 2 unspecified atom stereocenters. The van der Waals surface area contributed by atoms with Crippen LogP contribution >= 0.6 is 0 Å². The Morgan fingerprint density at radius 1 is 0.427 bits per heavy atom. The Hall–Kier alpha value is -7.25. The summed E-state index contributed by atoms with van der Waals surface area (Å²) in [5.41, 5.74) is 28.0. The van der Waals surface area contributed by atoms with Crippen molar-refractivity contribution in [2.75, 3.05) is 39.3 Å². The number of aliphatic hydroxyl groups excluding tert-OH is 1. The van der Waals surface area contributed by atoms with Crippen LogP contribution in [0.4, 0.5) is 0 Å². The summed E-state index contributed by atoms with van der Waals surface area (Å²) >= 11 is 0. The zero-order valence-corrected chi connectivity index (χ0v) is 54.4. The molecule has 0 aliphatic carbocycles. The lowest BCUT2D eigenvalue weighted by molar-refractivity contribution is -0.143. The molecule has 0 radical (unpaired) electrons. The van der Waals surface area contributed by atoms with Crippen molar-refractivity contribution >= 4 is 76.9 Å². The Labute approximate surface area is 524 Å². The summed E-state index contributed by atoms with van der Waals surface area (Å²) in [6, 6.07) is -12.6. The topological polar surface area (TPSA) is 520 Å². The van der Waals surface area contributed by atoms with Crippen LogP contribution in [0.2, 0.25) is 0 Å². The van der Waals surface area contributed by atoms with Gasteiger partial charge in [0.1, 0.15) is 54.4 Å². The molecule has 0 rings (SSSR count). The highest BCUT2D eigenvalue weighted by Gasteiger charge is 2.38. The molecule has 0 saturated carbocycles. The normalized spacial score (nSPS) is 15.4. The van der Waals surface area contributed by atoms with Crippen LogP contribution in [0.3, 0.4) is 0 Å². The number of aliphatic imine (C=N–C) groups is 1. The van der Waals surface area contributed by atoms with Crippen LogP contribution in [0.1, 0.15) is 154 Å². The highest BCUT2D eigenvalue weighted by atomic mass is 16.4. The van der Waals surface area contributed by atoms with Gasteiger partial charge in [0.2, 0.25) is 65.0 Å². The van der Waals surface area contributed by atoms with E-state index in [4.69, 9.17) is 28.7 Å². The lowest BCUT2D eigenvalue weighted by atomic mass is 9.95. The molecule has 31 nitrogen and oxygen atoms in total. The van der Waals surface area contributed by atoms with E-state index < -0.39 is 181 Å². The van der Waals surface area contributed by atoms with Crippen LogP contribution in [-0.4, -0.2) is 187 Å². The molecule has 0 aliphatic rings. The smallest absolute Gasteiger partial charge is 0.326 e. The third-order valence-electron chi connectivity index (χ3n) is 14.8. The number of amides is 11. The first-order chi connectivity index (χ1) is 41.7. The largest absolute Gasteiger partial charge is 0.480 e. The van der Waals surface area contributed by atoms with E-state index in [0.29, 0.717) is 58.0 Å². The van der Waals surface area contributed by atoms with Crippen LogP contribution in [-0.2, 0) is 57.5 Å². The number of nitrogens with zero attached hydrogens (tertiary/aromatic N) is 1. The van der Waals surface area contributed by atoms with Gasteiger partial charge in [-0.05, 0) is 100.0 Å². The summed E-state index contributed by atoms with van der Waals surface area (Å²) in [5, 5.41) is 48.1. The average molecular weight is 1270 g/mol. The van der Waals surface area contributed by atoms with Crippen LogP contribution < -0.4 is 87.2 Å². The second-order valence-electron chi connectivity index (χ2n) is 24.0. The van der Waals surface area contributed by atoms with Gasteiger partial charge in [0.05, 0.1) is 25.7 Å². The van der Waals surface area contributed by atoms with Crippen molar-refractivity contribution in [1.29, 1.82) is 0 Å². The number of rotatable bonds is 45. The van der Waals surface area contributed by atoms with E-state index in [1.807, 2.05) is 0 Å². The number of nitrogens with two attached hydrogens (primary N) is 5. The molecular weight excluding hydrogens is 1160 g/mol. The molecule has 0 bridgehead atoms. The van der Waals surface area contributed by atoms with Crippen LogP contribution in [0, 0.1) is 35.5 Å². The second-order valence-corrected chi connectivity index (χ2v) is 24.0. The van der Waals surface area contributed by atoms with E-state index in [0.717, 1.165) is 0 Å². The molecule has 0 aromatic heterocycles. The first-order valence-electron chi connectivity index (χ1n) is 31.0. The minimum atomic E-state index is -1.55. The molecule has 0 heterocycles. The summed E-state index contributed by atoms with van der Waals surface area (Å²) < 4.78 is 0. The molecule has 12 atom stereocenters. The molecule has 23 N–H and O–H groups in total. The number of carbonyl (C=O) groups is 12. The van der Waals surface area contributed by atoms with Crippen molar-refractivity contribution in [3.8, 4) is 0 Å². The number of unbranched alkanes of at least 4 members (excludes halogenated alkanes) is 2. The zero-order chi connectivity index (χ0) is 68.2. The van der Waals surface area contributed by atoms with Crippen molar-refractivity contribution in [3.63, 3.8) is 0 Å². The van der Waals surface area contributed by atoms with Gasteiger partial charge in [-0.25, -0.2) is 4.79 Å². The van der Waals surface area contributed by atoms with E-state index >= 15 is 0 Å². The molecule has 0 saturated heterocycles. The van der Waals surface area contributed by atoms with Gasteiger partial charge in [-0.3, -0.25) is 57.7 Å². The maximum absolute atomic E-state index is 14.3. The van der Waals surface area contributed by atoms with Gasteiger partial charge in [0, 0.05) is 6.54 Å². The van der Waals surface area contributed by atoms with Gasteiger partial charge < -0.3 is 97.4 Å². The van der Waals surface area contributed by atoms with Crippen molar-refractivity contribution < 1.29 is 67.7 Å². The van der Waals surface area contributed by atoms with Crippen molar-refractivity contribution in [3.05, 3.63) is 0 Å². The van der Waals surface area contributed by atoms with Crippen molar-refractivity contribution in [1.82, 2.24) is 58.5 Å². The lowest BCUT2D eigenvalue weighted by Gasteiger charge is -2.31. The first kappa shape index (κ1) is 81.8. The minimum Gasteiger partial charge on any atom is -0.480 e. The van der Waals surface area contributed by atoms with Crippen LogP contribution in [0.5, 0.6) is 0 Å². The van der Waals surface area contributed by atoms with E-state index in [1.54, 1.807) is 83.1 Å². The van der Waals surface area contributed by atoms with Gasteiger partial charge >= 0.3 is 5.97 Å². The third-order valence-corrected chi connectivity index (χ3v) is 14.8. The second kappa shape index (κ2) is 43.4. The van der Waals surface area contributed by atoms with Gasteiger partial charge in [0.25, 0.3) is 0 Å². The van der Waals surface area contributed by atoms with Gasteiger partial charge in [-0.15, -0.1) is 0 Å². The van der Waals surface area contributed by atoms with E-state index in [9.17, 15) is 67.7 Å². The standard InChI is InChI=1S/C58H109N17O14/c1-13-34(11)46(74-54(85)45(33(9)10)72-50(81)39(26-30(3)4)70-51(82)40(29-76)67-41(77)27-65-48(79)36(61)20-15-17-23-59)55(86)68-37(22-19-25-64-58(62)63)49(80)66-28-42(78)71-43(31(5)6)53(84)75-47(35(12)14-2)56(87)73-44(32(7)8)52(83)69-38(57(88)89)21-16-18-24-60/h30-40,43-47,76H,13-29,59-61H2,1-12H3,(H,65,79)(H,66,80)(H,67,77)(H,68,86)(H,69,83)(H,70,82)(H,71,78)(H,72,81)(H,73,87)(H,74,85)(H,75,84)(H,88,89)(H4,62,63,64)/t34?,35?,36-,37-,38+,39-,40-,43-,44-,45-,46-,47-/m1/s1. The molecule has 510 valence electrons. The number of hydrogen-bond donors (Lipinski definition) is 18. The van der Waals surface area contributed by atoms with Crippen LogP contribution in [0.25, 0.3) is 0 Å². The predicted molar refractivity (Wildman–Crippen MR) is 335 cm³/mol. The van der Waals surface area contributed by atoms with E-state index in [1.165, 1.54) is 0 Å². The highest BCUT2D eigenvalue weighted by Crippen LogP contribution is 2.16. The molecule has 11 amide bonds. The number of hydrogen-bond acceptors (Lipinski definition) is 17. The average Bonchev–Trinajstić information content (AvgIpc) is 3.64. The minimum absolute atomic E-state index is 0.0378. The molecule has 0 aromatic rings.